The number of rotatable bonds is 10. The van der Waals surface area contributed by atoms with Gasteiger partial charge in [0, 0.05) is 19.7 Å². The second kappa shape index (κ2) is 9.78. The summed E-state index contributed by atoms with van der Waals surface area (Å²) in [6.07, 6.45) is 2.17. The maximum Gasteiger partial charge on any atom is 0.119 e. The van der Waals surface area contributed by atoms with E-state index in [2.05, 4.69) is 50.4 Å². The van der Waals surface area contributed by atoms with Crippen LogP contribution in [0.5, 0.6) is 5.75 Å². The van der Waals surface area contributed by atoms with E-state index >= 15 is 0 Å². The van der Waals surface area contributed by atoms with Crippen molar-refractivity contribution in [2.75, 3.05) is 20.3 Å². The minimum Gasteiger partial charge on any atom is -0.494 e. The van der Waals surface area contributed by atoms with Crippen LogP contribution in [0.1, 0.15) is 39.2 Å². The maximum absolute atomic E-state index is 5.72. The monoisotopic (exact) mass is 279 g/mol. The standard InChI is InChI=1S/C17H29NO2/c1-5-16(13-19-4)18-12-15-6-8-17(9-7-15)20-11-10-14(2)3/h6-9,14,16,18H,5,10-13H2,1-4H3. The van der Waals surface area contributed by atoms with E-state index in [1.165, 1.54) is 5.56 Å². The highest BCUT2D eigenvalue weighted by Crippen LogP contribution is 2.13. The Morgan fingerprint density at radius 1 is 1.15 bits per heavy atom. The molecule has 114 valence electrons. The molecule has 0 fully saturated rings. The molecule has 1 unspecified atom stereocenters. The maximum atomic E-state index is 5.72. The Morgan fingerprint density at radius 2 is 1.85 bits per heavy atom. The Hall–Kier alpha value is -1.06. The van der Waals surface area contributed by atoms with Gasteiger partial charge in [-0.05, 0) is 36.5 Å². The van der Waals surface area contributed by atoms with Crippen molar-refractivity contribution >= 4 is 0 Å². The molecule has 0 aliphatic heterocycles. The van der Waals surface area contributed by atoms with E-state index in [9.17, 15) is 0 Å². The molecule has 1 aromatic carbocycles. The summed E-state index contributed by atoms with van der Waals surface area (Å²) < 4.78 is 10.9. The first-order chi connectivity index (χ1) is 9.65. The molecule has 0 bridgehead atoms. The van der Waals surface area contributed by atoms with Gasteiger partial charge in [-0.2, -0.15) is 0 Å². The summed E-state index contributed by atoms with van der Waals surface area (Å²) in [6, 6.07) is 8.76. The first-order valence-electron chi connectivity index (χ1n) is 7.59. The highest BCUT2D eigenvalue weighted by atomic mass is 16.5. The third-order valence-corrected chi connectivity index (χ3v) is 3.34. The molecule has 1 N–H and O–H groups in total. The van der Waals surface area contributed by atoms with Crippen molar-refractivity contribution < 1.29 is 9.47 Å². The van der Waals surface area contributed by atoms with Gasteiger partial charge >= 0.3 is 0 Å². The molecule has 0 amide bonds. The van der Waals surface area contributed by atoms with Crippen LogP contribution in [-0.4, -0.2) is 26.4 Å². The third kappa shape index (κ3) is 6.92. The van der Waals surface area contributed by atoms with E-state index in [-0.39, 0.29) is 0 Å². The average molecular weight is 279 g/mol. The quantitative estimate of drug-likeness (QED) is 0.709. The van der Waals surface area contributed by atoms with Crippen molar-refractivity contribution in [1.29, 1.82) is 0 Å². The van der Waals surface area contributed by atoms with Gasteiger partial charge < -0.3 is 14.8 Å². The van der Waals surface area contributed by atoms with Gasteiger partial charge in [0.15, 0.2) is 0 Å². The van der Waals surface area contributed by atoms with Crippen LogP contribution in [0, 0.1) is 5.92 Å². The van der Waals surface area contributed by atoms with Gasteiger partial charge in [0.2, 0.25) is 0 Å². The van der Waals surface area contributed by atoms with Crippen LogP contribution in [-0.2, 0) is 11.3 Å². The van der Waals surface area contributed by atoms with E-state index in [1.807, 2.05) is 0 Å². The predicted octanol–water partition coefficient (Wildman–Crippen LogP) is 3.63. The molecule has 3 nitrogen and oxygen atoms in total. The summed E-state index contributed by atoms with van der Waals surface area (Å²) in [5.41, 5.74) is 1.27. The summed E-state index contributed by atoms with van der Waals surface area (Å²) in [6.45, 7) is 9.01. The number of hydrogen-bond donors (Lipinski definition) is 1. The molecule has 20 heavy (non-hydrogen) atoms. The van der Waals surface area contributed by atoms with Crippen LogP contribution in [0.2, 0.25) is 0 Å². The molecule has 1 aromatic rings. The lowest BCUT2D eigenvalue weighted by Gasteiger charge is -2.16. The molecule has 0 heterocycles. The zero-order valence-corrected chi connectivity index (χ0v) is 13.3. The van der Waals surface area contributed by atoms with Crippen molar-refractivity contribution in [3.63, 3.8) is 0 Å². The van der Waals surface area contributed by atoms with Gasteiger partial charge in [0.25, 0.3) is 0 Å². The Morgan fingerprint density at radius 3 is 2.40 bits per heavy atom. The molecule has 0 aliphatic carbocycles. The Labute approximate surface area is 123 Å². The molecule has 1 atom stereocenters. The lowest BCUT2D eigenvalue weighted by atomic mass is 10.1. The smallest absolute Gasteiger partial charge is 0.119 e. The second-order valence-electron chi connectivity index (χ2n) is 5.62. The van der Waals surface area contributed by atoms with E-state index in [4.69, 9.17) is 9.47 Å². The summed E-state index contributed by atoms with van der Waals surface area (Å²) in [5.74, 6) is 1.64. The topological polar surface area (TPSA) is 30.5 Å². The molecule has 0 saturated heterocycles. The van der Waals surface area contributed by atoms with Crippen molar-refractivity contribution in [2.45, 2.75) is 46.2 Å². The Kier molecular flexibility index (Phi) is 8.31. The lowest BCUT2D eigenvalue weighted by molar-refractivity contribution is 0.164. The summed E-state index contributed by atoms with van der Waals surface area (Å²) >= 11 is 0. The predicted molar refractivity (Wildman–Crippen MR) is 84.2 cm³/mol. The lowest BCUT2D eigenvalue weighted by Crippen LogP contribution is -2.31. The van der Waals surface area contributed by atoms with Gasteiger partial charge in [-0.15, -0.1) is 0 Å². The van der Waals surface area contributed by atoms with Crippen molar-refractivity contribution in [3.05, 3.63) is 29.8 Å². The summed E-state index contributed by atoms with van der Waals surface area (Å²) in [5, 5.41) is 3.50. The summed E-state index contributed by atoms with van der Waals surface area (Å²) in [4.78, 5) is 0. The number of ether oxygens (including phenoxy) is 2. The molecular weight excluding hydrogens is 250 g/mol. The van der Waals surface area contributed by atoms with Crippen LogP contribution in [0.25, 0.3) is 0 Å². The highest BCUT2D eigenvalue weighted by Gasteiger charge is 2.04. The first kappa shape index (κ1) is 17.0. The minimum atomic E-state index is 0.418. The first-order valence-corrected chi connectivity index (χ1v) is 7.59. The number of nitrogens with one attached hydrogen (secondary N) is 1. The van der Waals surface area contributed by atoms with Crippen molar-refractivity contribution in [2.24, 2.45) is 5.92 Å². The fourth-order valence-corrected chi connectivity index (χ4v) is 1.90. The largest absolute Gasteiger partial charge is 0.494 e. The number of hydrogen-bond acceptors (Lipinski definition) is 3. The number of benzene rings is 1. The SMILES string of the molecule is CCC(COC)NCc1ccc(OCCC(C)C)cc1. The van der Waals surface area contributed by atoms with Gasteiger partial charge in [-0.1, -0.05) is 32.9 Å². The van der Waals surface area contributed by atoms with E-state index < -0.39 is 0 Å². The van der Waals surface area contributed by atoms with E-state index in [0.717, 1.165) is 38.3 Å². The van der Waals surface area contributed by atoms with Crippen LogP contribution in [0.15, 0.2) is 24.3 Å². The van der Waals surface area contributed by atoms with Crippen molar-refractivity contribution in [3.8, 4) is 5.75 Å². The van der Waals surface area contributed by atoms with Gasteiger partial charge in [0.1, 0.15) is 5.75 Å². The fourth-order valence-electron chi connectivity index (χ4n) is 1.90. The molecule has 3 heteroatoms. The minimum absolute atomic E-state index is 0.418. The van der Waals surface area contributed by atoms with E-state index in [1.54, 1.807) is 7.11 Å². The molecule has 0 saturated carbocycles. The molecule has 0 spiro atoms. The van der Waals surface area contributed by atoms with Gasteiger partial charge in [-0.3, -0.25) is 0 Å². The van der Waals surface area contributed by atoms with Crippen LogP contribution >= 0.6 is 0 Å². The zero-order chi connectivity index (χ0) is 14.8. The third-order valence-electron chi connectivity index (χ3n) is 3.34. The molecule has 1 rings (SSSR count). The fraction of sp³-hybridized carbons (Fsp3) is 0.647. The normalized spacial score (nSPS) is 12.7. The number of methoxy groups -OCH3 is 1. The van der Waals surface area contributed by atoms with Crippen LogP contribution in [0.4, 0.5) is 0 Å². The summed E-state index contributed by atoms with van der Waals surface area (Å²) in [7, 11) is 1.74. The van der Waals surface area contributed by atoms with Gasteiger partial charge in [0.05, 0.1) is 13.2 Å². The molecular formula is C17H29NO2. The Bertz CT molecular complexity index is 349. The van der Waals surface area contributed by atoms with Gasteiger partial charge in [-0.25, -0.2) is 0 Å². The zero-order valence-electron chi connectivity index (χ0n) is 13.3. The van der Waals surface area contributed by atoms with Crippen LogP contribution < -0.4 is 10.1 Å². The highest BCUT2D eigenvalue weighted by molar-refractivity contribution is 5.27. The second-order valence-corrected chi connectivity index (χ2v) is 5.62. The van der Waals surface area contributed by atoms with Crippen LogP contribution in [0.3, 0.4) is 0 Å². The molecule has 0 radical (unpaired) electrons. The average Bonchev–Trinajstić information content (AvgIpc) is 2.44. The molecule has 0 aliphatic rings. The Balaban J connectivity index is 2.34. The molecule has 0 aromatic heterocycles. The van der Waals surface area contributed by atoms with E-state index in [0.29, 0.717) is 12.0 Å². The van der Waals surface area contributed by atoms with Crippen molar-refractivity contribution in [1.82, 2.24) is 5.32 Å².